The highest BCUT2D eigenvalue weighted by Gasteiger charge is 2.36. The highest BCUT2D eigenvalue weighted by Crippen LogP contribution is 2.39. The minimum atomic E-state index is -4.66. The molecule has 1 heterocycles. The van der Waals surface area contributed by atoms with Gasteiger partial charge in [0.15, 0.2) is 10.6 Å². The predicted molar refractivity (Wildman–Crippen MR) is 132 cm³/mol. The van der Waals surface area contributed by atoms with Crippen LogP contribution in [0.25, 0.3) is 28.1 Å². The first-order chi connectivity index (χ1) is 16.4. The molecule has 9 heteroatoms. The summed E-state index contributed by atoms with van der Waals surface area (Å²) in [7, 11) is 0. The van der Waals surface area contributed by atoms with Gasteiger partial charge in [0.05, 0.1) is 22.0 Å². The third-order valence-electron chi connectivity index (χ3n) is 5.53. The Morgan fingerprint density at radius 2 is 1.66 bits per heavy atom. The van der Waals surface area contributed by atoms with Crippen molar-refractivity contribution in [3.05, 3.63) is 89.1 Å². The Hall–Kier alpha value is -2.78. The number of hydrogen-bond acceptors (Lipinski definition) is 3. The van der Waals surface area contributed by atoms with Crippen molar-refractivity contribution in [2.24, 2.45) is 0 Å². The van der Waals surface area contributed by atoms with Crippen LogP contribution in [-0.2, 0) is 23.0 Å². The summed E-state index contributed by atoms with van der Waals surface area (Å²) in [6, 6.07) is 19.6. The molecule has 0 fully saturated rings. The van der Waals surface area contributed by atoms with Crippen molar-refractivity contribution in [3.8, 4) is 28.1 Å². The van der Waals surface area contributed by atoms with Crippen molar-refractivity contribution in [2.75, 3.05) is 6.26 Å². The van der Waals surface area contributed by atoms with E-state index in [1.165, 1.54) is 0 Å². The molecule has 4 rings (SSSR count). The molecule has 3 aromatic carbocycles. The van der Waals surface area contributed by atoms with Gasteiger partial charge < -0.3 is 9.66 Å². The van der Waals surface area contributed by atoms with Crippen LogP contribution in [0.2, 0.25) is 5.02 Å². The van der Waals surface area contributed by atoms with Crippen molar-refractivity contribution < 1.29 is 22.8 Å². The van der Waals surface area contributed by atoms with E-state index in [0.717, 1.165) is 16.3 Å². The van der Waals surface area contributed by atoms with Crippen LogP contribution >= 0.6 is 11.6 Å². The Morgan fingerprint density at radius 1 is 0.943 bits per heavy atom. The maximum atomic E-state index is 13.6. The number of hydrogen-bond donors (Lipinski definition) is 1. The standard InChI is InChI=1S/C26H22ClF3N2O2S/c1-25(2,33)20-14-17(11-12-19(20)16-7-6-8-18(13-16)35(3)34)23-15-24(26(28,29)30)31-32(23)22-10-5-4-9-21(22)27/h4-15,33H,1-3H3. The Kier molecular flexibility index (Phi) is 6.76. The molecule has 0 bridgehead atoms. The molecule has 1 atom stereocenters. The van der Waals surface area contributed by atoms with Gasteiger partial charge in [-0.25, -0.2) is 4.68 Å². The fourth-order valence-corrected chi connectivity index (χ4v) is 4.62. The zero-order chi connectivity index (χ0) is 25.5. The quantitative estimate of drug-likeness (QED) is 0.294. The van der Waals surface area contributed by atoms with E-state index >= 15 is 0 Å². The largest absolute Gasteiger partial charge is 0.612 e. The van der Waals surface area contributed by atoms with E-state index in [9.17, 15) is 22.8 Å². The van der Waals surface area contributed by atoms with Crippen LogP contribution in [0.3, 0.4) is 0 Å². The Balaban J connectivity index is 1.94. The smallest absolute Gasteiger partial charge is 0.435 e. The molecule has 182 valence electrons. The molecular formula is C26H22ClF3N2O2S. The first-order valence-corrected chi connectivity index (χ1v) is 12.5. The lowest BCUT2D eigenvalue weighted by atomic mass is 9.87. The minimum Gasteiger partial charge on any atom is -0.612 e. The topological polar surface area (TPSA) is 61.1 Å². The number of halogens is 4. The molecule has 0 spiro atoms. The highest BCUT2D eigenvalue weighted by molar-refractivity contribution is 7.90. The minimum absolute atomic E-state index is 0.172. The normalized spacial score (nSPS) is 13.2. The number of alkyl halides is 3. The zero-order valence-corrected chi connectivity index (χ0v) is 20.7. The predicted octanol–water partition coefficient (Wildman–Crippen LogP) is 6.84. The van der Waals surface area contributed by atoms with Crippen LogP contribution in [0.4, 0.5) is 13.2 Å². The molecule has 1 aromatic heterocycles. The molecule has 0 amide bonds. The van der Waals surface area contributed by atoms with Crippen molar-refractivity contribution in [1.82, 2.24) is 9.78 Å². The molecule has 4 nitrogen and oxygen atoms in total. The zero-order valence-electron chi connectivity index (χ0n) is 19.1. The summed E-state index contributed by atoms with van der Waals surface area (Å²) in [5, 5.41) is 15.0. The molecule has 0 aliphatic carbocycles. The Morgan fingerprint density at radius 3 is 2.29 bits per heavy atom. The second-order valence-electron chi connectivity index (χ2n) is 8.58. The van der Waals surface area contributed by atoms with Gasteiger partial charge in [0, 0.05) is 11.6 Å². The summed E-state index contributed by atoms with van der Waals surface area (Å²) in [6.07, 6.45) is -3.08. The summed E-state index contributed by atoms with van der Waals surface area (Å²) < 4.78 is 53.9. The van der Waals surface area contributed by atoms with Gasteiger partial charge in [-0.1, -0.05) is 48.0 Å². The van der Waals surface area contributed by atoms with Crippen LogP contribution < -0.4 is 0 Å². The van der Waals surface area contributed by atoms with E-state index in [1.807, 2.05) is 6.07 Å². The van der Waals surface area contributed by atoms with Gasteiger partial charge in [0.1, 0.15) is 6.26 Å². The average molecular weight is 519 g/mol. The van der Waals surface area contributed by atoms with Crippen LogP contribution in [0.15, 0.2) is 77.7 Å². The SMILES string of the molecule is C[S+]([O-])c1cccc(-c2ccc(-c3cc(C(F)(F)F)nn3-c3ccccc3Cl)cc2C(C)(C)O)c1. The Labute approximate surface area is 209 Å². The first-order valence-electron chi connectivity index (χ1n) is 10.6. The lowest BCUT2D eigenvalue weighted by molar-refractivity contribution is -0.141. The number of aromatic nitrogens is 2. The summed E-state index contributed by atoms with van der Waals surface area (Å²) in [6.45, 7) is 3.20. The second-order valence-corrected chi connectivity index (χ2v) is 10.4. The number of rotatable bonds is 5. The molecule has 0 saturated carbocycles. The van der Waals surface area contributed by atoms with Gasteiger partial charge in [-0.05, 0) is 72.0 Å². The van der Waals surface area contributed by atoms with E-state index in [0.29, 0.717) is 27.3 Å². The van der Waals surface area contributed by atoms with E-state index in [-0.39, 0.29) is 10.7 Å². The first kappa shape index (κ1) is 25.3. The van der Waals surface area contributed by atoms with E-state index < -0.39 is 28.6 Å². The fourth-order valence-electron chi connectivity index (χ4n) is 3.84. The molecule has 1 unspecified atom stereocenters. The molecule has 0 saturated heterocycles. The van der Waals surface area contributed by atoms with Crippen LogP contribution in [0, 0.1) is 0 Å². The van der Waals surface area contributed by atoms with Crippen molar-refractivity contribution in [2.45, 2.75) is 30.5 Å². The summed E-state index contributed by atoms with van der Waals surface area (Å²) in [5.74, 6) is 0. The van der Waals surface area contributed by atoms with Gasteiger partial charge in [-0.3, -0.25) is 0 Å². The van der Waals surface area contributed by atoms with Crippen molar-refractivity contribution in [1.29, 1.82) is 0 Å². The molecule has 1 N–H and O–H groups in total. The maximum absolute atomic E-state index is 13.6. The molecular weight excluding hydrogens is 497 g/mol. The lowest BCUT2D eigenvalue weighted by Gasteiger charge is -2.23. The van der Waals surface area contributed by atoms with Gasteiger partial charge in [0.25, 0.3) is 0 Å². The number of nitrogens with zero attached hydrogens (tertiary/aromatic N) is 2. The molecule has 0 aliphatic rings. The van der Waals surface area contributed by atoms with Crippen molar-refractivity contribution >= 4 is 22.8 Å². The van der Waals surface area contributed by atoms with E-state index in [4.69, 9.17) is 11.6 Å². The summed E-state index contributed by atoms with van der Waals surface area (Å²) in [5.41, 5.74) is 0.412. The van der Waals surface area contributed by atoms with Gasteiger partial charge in [-0.2, -0.15) is 18.3 Å². The molecule has 0 aliphatic heterocycles. The Bertz CT molecular complexity index is 1380. The molecule has 0 radical (unpaired) electrons. The van der Waals surface area contributed by atoms with Gasteiger partial charge in [0.2, 0.25) is 0 Å². The van der Waals surface area contributed by atoms with E-state index in [2.05, 4.69) is 5.10 Å². The van der Waals surface area contributed by atoms with Gasteiger partial charge in [-0.15, -0.1) is 0 Å². The van der Waals surface area contributed by atoms with Crippen LogP contribution in [0.5, 0.6) is 0 Å². The average Bonchev–Trinajstić information content (AvgIpc) is 3.24. The molecule has 4 aromatic rings. The summed E-state index contributed by atoms with van der Waals surface area (Å²) >= 11 is 5.08. The maximum Gasteiger partial charge on any atom is 0.435 e. The van der Waals surface area contributed by atoms with Crippen LogP contribution in [0.1, 0.15) is 25.1 Å². The highest BCUT2D eigenvalue weighted by atomic mass is 35.5. The monoisotopic (exact) mass is 518 g/mol. The number of aliphatic hydroxyl groups is 1. The number of benzene rings is 3. The second kappa shape index (κ2) is 9.35. The summed E-state index contributed by atoms with van der Waals surface area (Å²) in [4.78, 5) is 0.625. The fraction of sp³-hybridized carbons (Fsp3) is 0.192. The third-order valence-corrected chi connectivity index (χ3v) is 6.77. The van der Waals surface area contributed by atoms with E-state index in [1.54, 1.807) is 80.8 Å². The number of para-hydroxylation sites is 1. The lowest BCUT2D eigenvalue weighted by Crippen LogP contribution is -2.17. The van der Waals surface area contributed by atoms with Gasteiger partial charge >= 0.3 is 6.18 Å². The van der Waals surface area contributed by atoms with Crippen molar-refractivity contribution in [3.63, 3.8) is 0 Å². The molecule has 35 heavy (non-hydrogen) atoms. The third kappa shape index (κ3) is 5.26. The van der Waals surface area contributed by atoms with Crippen LogP contribution in [-0.4, -0.2) is 25.7 Å².